The van der Waals surface area contributed by atoms with Gasteiger partial charge < -0.3 is 30.0 Å². The summed E-state index contributed by atoms with van der Waals surface area (Å²) in [6.45, 7) is 4.81. The number of benzene rings is 1. The lowest BCUT2D eigenvalue weighted by Gasteiger charge is -2.37. The number of aryl methyl sites for hydroxylation is 1. The molecule has 1 aliphatic carbocycles. The molecule has 3 N–H and O–H groups in total. The van der Waals surface area contributed by atoms with E-state index in [1.165, 1.54) is 4.88 Å². The van der Waals surface area contributed by atoms with E-state index in [-0.39, 0.29) is 17.6 Å². The highest BCUT2D eigenvalue weighted by Crippen LogP contribution is 2.49. The number of pyridine rings is 1. The number of carbonyl (C=O) groups is 3. The second-order valence-corrected chi connectivity index (χ2v) is 11.1. The number of amides is 1. The molecule has 2 unspecified atom stereocenters. The third-order valence-electron chi connectivity index (χ3n) is 7.17. The van der Waals surface area contributed by atoms with Crippen LogP contribution < -0.4 is 24.8 Å². The summed E-state index contributed by atoms with van der Waals surface area (Å²) in [4.78, 5) is 42.4. The average Bonchev–Trinajstić information content (AvgIpc) is 3.50. The second-order valence-electron chi connectivity index (χ2n) is 10.1. The highest BCUT2D eigenvalue weighted by atomic mass is 32.1. The number of aromatic nitrogens is 1. The van der Waals surface area contributed by atoms with Crippen LogP contribution in [-0.2, 0) is 14.4 Å². The lowest BCUT2D eigenvalue weighted by molar-refractivity contribution is -0.134. The van der Waals surface area contributed by atoms with E-state index in [0.717, 1.165) is 18.3 Å². The van der Waals surface area contributed by atoms with Gasteiger partial charge in [0, 0.05) is 58.3 Å². The van der Waals surface area contributed by atoms with Gasteiger partial charge in [-0.1, -0.05) is 12.1 Å². The summed E-state index contributed by atoms with van der Waals surface area (Å²) in [6, 6.07) is 13.2. The molecule has 0 saturated heterocycles. The summed E-state index contributed by atoms with van der Waals surface area (Å²) in [6.07, 6.45) is 1.05. The van der Waals surface area contributed by atoms with E-state index in [9.17, 15) is 9.59 Å². The van der Waals surface area contributed by atoms with Gasteiger partial charge in [-0.15, -0.1) is 11.3 Å². The Balaban J connectivity index is 0.000000996. The van der Waals surface area contributed by atoms with Crippen molar-refractivity contribution in [3.8, 4) is 17.2 Å². The lowest BCUT2D eigenvalue weighted by atomic mass is 9.72. The number of carbonyl (C=O) groups excluding carboxylic acids is 2. The fourth-order valence-corrected chi connectivity index (χ4v) is 6.29. The predicted octanol–water partition coefficient (Wildman–Crippen LogP) is 5.57. The number of rotatable bonds is 7. The van der Waals surface area contributed by atoms with Crippen LogP contribution in [0.3, 0.4) is 0 Å². The Morgan fingerprint density at radius 3 is 2.26 bits per heavy atom. The first-order valence-corrected chi connectivity index (χ1v) is 14.5. The molecule has 226 valence electrons. The molecular formula is C32H35N3O7S. The first-order chi connectivity index (χ1) is 20.6. The molecule has 0 bridgehead atoms. The highest BCUT2D eigenvalue weighted by Gasteiger charge is 2.41. The van der Waals surface area contributed by atoms with Gasteiger partial charge in [-0.3, -0.25) is 14.4 Å². The van der Waals surface area contributed by atoms with Crippen LogP contribution in [0.1, 0.15) is 54.7 Å². The molecule has 3 heterocycles. The van der Waals surface area contributed by atoms with Gasteiger partial charge in [0.2, 0.25) is 5.75 Å². The number of dihydropyridines is 1. The van der Waals surface area contributed by atoms with Crippen molar-refractivity contribution in [2.24, 2.45) is 0 Å². The van der Waals surface area contributed by atoms with Crippen LogP contribution in [0.25, 0.3) is 0 Å². The standard InChI is InChI=1S/C30H31N3O5S.C2H4O2/c1-16-8-6-10-25(31-16)33-30(35)26-17(2)32-20-12-18(24-9-7-11-39-24)13-21(34)28(20)27(26)19-14-22(36-3)29(38-5)23(15-19)37-4;1-2(3)4/h6-11,14-15,18,27,32H,12-13H2,1-5H3,(H,31,33,35);1H3,(H,3,4). The Kier molecular flexibility index (Phi) is 9.87. The first-order valence-electron chi connectivity index (χ1n) is 13.6. The summed E-state index contributed by atoms with van der Waals surface area (Å²) in [5, 5.41) is 15.8. The number of Topliss-reactive ketones (excluding diaryl/α,β-unsaturated/α-hetero) is 1. The third kappa shape index (κ3) is 6.89. The fourth-order valence-electron chi connectivity index (χ4n) is 5.46. The second kappa shape index (κ2) is 13.6. The molecule has 5 rings (SSSR count). The molecule has 2 aromatic heterocycles. The van der Waals surface area contributed by atoms with E-state index in [4.69, 9.17) is 24.1 Å². The van der Waals surface area contributed by atoms with Gasteiger partial charge >= 0.3 is 0 Å². The number of carboxylic acids is 1. The molecule has 2 aliphatic rings. The number of hydrogen-bond donors (Lipinski definition) is 3. The molecule has 10 nitrogen and oxygen atoms in total. The normalized spacial score (nSPS) is 17.7. The van der Waals surface area contributed by atoms with Crippen LogP contribution in [0.4, 0.5) is 5.82 Å². The van der Waals surface area contributed by atoms with E-state index in [1.807, 2.05) is 49.6 Å². The molecule has 3 aromatic rings. The molecule has 0 radical (unpaired) electrons. The number of allylic oxidation sites excluding steroid dienone is 3. The Hall–Kier alpha value is -4.64. The summed E-state index contributed by atoms with van der Waals surface area (Å²) in [5.41, 5.74) is 4.03. The molecule has 2 atom stereocenters. The molecule has 1 aromatic carbocycles. The van der Waals surface area contributed by atoms with Crippen molar-refractivity contribution in [2.75, 3.05) is 26.6 Å². The van der Waals surface area contributed by atoms with Gasteiger partial charge in [-0.05, 0) is 61.5 Å². The van der Waals surface area contributed by atoms with Gasteiger partial charge in [-0.2, -0.15) is 0 Å². The molecule has 1 amide bonds. The maximum atomic E-state index is 13.9. The van der Waals surface area contributed by atoms with E-state index in [0.29, 0.717) is 58.3 Å². The lowest BCUT2D eigenvalue weighted by Crippen LogP contribution is -2.37. The van der Waals surface area contributed by atoms with Crippen LogP contribution >= 0.6 is 11.3 Å². The minimum atomic E-state index is -0.833. The minimum absolute atomic E-state index is 0.00684. The van der Waals surface area contributed by atoms with Gasteiger partial charge in [0.1, 0.15) is 5.82 Å². The molecule has 43 heavy (non-hydrogen) atoms. The van der Waals surface area contributed by atoms with Crippen molar-refractivity contribution in [1.29, 1.82) is 0 Å². The zero-order valence-electron chi connectivity index (χ0n) is 24.9. The van der Waals surface area contributed by atoms with Gasteiger partial charge in [0.05, 0.1) is 21.3 Å². The van der Waals surface area contributed by atoms with Crippen molar-refractivity contribution in [3.63, 3.8) is 0 Å². The van der Waals surface area contributed by atoms with Crippen molar-refractivity contribution in [1.82, 2.24) is 10.3 Å². The number of ketones is 1. The Labute approximate surface area is 254 Å². The number of anilines is 1. The van der Waals surface area contributed by atoms with Crippen molar-refractivity contribution in [2.45, 2.75) is 45.4 Å². The van der Waals surface area contributed by atoms with E-state index < -0.39 is 11.9 Å². The number of aliphatic carboxylic acids is 1. The van der Waals surface area contributed by atoms with Crippen LogP contribution in [0.15, 0.2) is 70.4 Å². The van der Waals surface area contributed by atoms with Crippen molar-refractivity contribution < 1.29 is 33.7 Å². The summed E-state index contributed by atoms with van der Waals surface area (Å²) < 4.78 is 16.8. The third-order valence-corrected chi connectivity index (χ3v) is 8.20. The fraction of sp³-hybridized carbons (Fsp3) is 0.312. The maximum absolute atomic E-state index is 13.9. The van der Waals surface area contributed by atoms with Crippen LogP contribution in [0, 0.1) is 6.92 Å². The topological polar surface area (TPSA) is 136 Å². The summed E-state index contributed by atoms with van der Waals surface area (Å²) in [7, 11) is 4.63. The molecule has 0 fully saturated rings. The zero-order valence-corrected chi connectivity index (χ0v) is 25.8. The smallest absolute Gasteiger partial charge is 0.300 e. The van der Waals surface area contributed by atoms with E-state index in [1.54, 1.807) is 38.7 Å². The SMILES string of the molecule is CC(=O)O.COc1cc(C2C(C(=O)Nc3cccc(C)n3)=C(C)NC3=C2C(=O)CC(c2cccs2)C3)cc(OC)c1OC. The minimum Gasteiger partial charge on any atom is -0.493 e. The predicted molar refractivity (Wildman–Crippen MR) is 164 cm³/mol. The molecule has 1 aliphatic heterocycles. The number of thiophene rings is 1. The number of nitrogens with one attached hydrogen (secondary N) is 2. The Morgan fingerprint density at radius 1 is 1.02 bits per heavy atom. The molecule has 0 saturated carbocycles. The quantitative estimate of drug-likeness (QED) is 0.316. The van der Waals surface area contributed by atoms with Gasteiger partial charge in [0.15, 0.2) is 17.3 Å². The van der Waals surface area contributed by atoms with Gasteiger partial charge in [0.25, 0.3) is 11.9 Å². The molecular weight excluding hydrogens is 570 g/mol. The van der Waals surface area contributed by atoms with Crippen molar-refractivity contribution >= 4 is 34.8 Å². The number of ether oxygens (including phenoxy) is 3. The average molecular weight is 606 g/mol. The molecule has 0 spiro atoms. The Bertz CT molecular complexity index is 1560. The summed E-state index contributed by atoms with van der Waals surface area (Å²) >= 11 is 1.66. The molecule has 11 heteroatoms. The van der Waals surface area contributed by atoms with Crippen LogP contribution in [0.5, 0.6) is 17.2 Å². The monoisotopic (exact) mass is 605 g/mol. The maximum Gasteiger partial charge on any atom is 0.300 e. The highest BCUT2D eigenvalue weighted by molar-refractivity contribution is 7.10. The van der Waals surface area contributed by atoms with Crippen molar-refractivity contribution in [3.05, 3.63) is 86.5 Å². The number of hydrogen-bond acceptors (Lipinski definition) is 9. The number of nitrogens with zero attached hydrogens (tertiary/aromatic N) is 1. The number of methoxy groups -OCH3 is 3. The summed E-state index contributed by atoms with van der Waals surface area (Å²) in [5.74, 6) is 0.0614. The number of carboxylic acid groups (broad SMARTS) is 1. The Morgan fingerprint density at radius 2 is 1.70 bits per heavy atom. The van der Waals surface area contributed by atoms with E-state index in [2.05, 4.69) is 21.7 Å². The zero-order chi connectivity index (χ0) is 31.3. The van der Waals surface area contributed by atoms with Gasteiger partial charge in [-0.25, -0.2) is 4.98 Å². The first kappa shape index (κ1) is 31.3. The largest absolute Gasteiger partial charge is 0.493 e. The van der Waals surface area contributed by atoms with E-state index >= 15 is 0 Å². The van der Waals surface area contributed by atoms with Crippen LogP contribution in [0.2, 0.25) is 0 Å². The van der Waals surface area contributed by atoms with Crippen LogP contribution in [-0.4, -0.2) is 49.1 Å².